The monoisotopic (exact) mass is 386 g/mol. The van der Waals surface area contributed by atoms with Gasteiger partial charge in [-0.15, -0.1) is 0 Å². The molecule has 1 aromatic heterocycles. The summed E-state index contributed by atoms with van der Waals surface area (Å²) in [6.45, 7) is 1.41. The zero-order chi connectivity index (χ0) is 19.2. The lowest BCUT2D eigenvalue weighted by molar-refractivity contribution is -0.133. The van der Waals surface area contributed by atoms with Crippen LogP contribution in [-0.2, 0) is 9.59 Å². The predicted molar refractivity (Wildman–Crippen MR) is 107 cm³/mol. The second-order valence-electron chi connectivity index (χ2n) is 6.72. The SMILES string of the molecule is CN(CC(=O)N1CCCC(C(=O)Nc2ccc(Cl)cn2)C1)c1ccccc1. The van der Waals surface area contributed by atoms with Crippen LogP contribution in [0.25, 0.3) is 0 Å². The van der Waals surface area contributed by atoms with Gasteiger partial charge in [-0.1, -0.05) is 29.8 Å². The zero-order valence-electron chi connectivity index (χ0n) is 15.3. The van der Waals surface area contributed by atoms with E-state index in [4.69, 9.17) is 11.6 Å². The van der Waals surface area contributed by atoms with Gasteiger partial charge in [0.15, 0.2) is 0 Å². The Labute approximate surface area is 164 Å². The van der Waals surface area contributed by atoms with Crippen molar-refractivity contribution in [3.63, 3.8) is 0 Å². The molecule has 0 radical (unpaired) electrons. The number of nitrogens with zero attached hydrogens (tertiary/aromatic N) is 3. The van der Waals surface area contributed by atoms with E-state index in [1.807, 2.05) is 42.3 Å². The molecular weight excluding hydrogens is 364 g/mol. The molecule has 1 atom stereocenters. The molecule has 27 heavy (non-hydrogen) atoms. The standard InChI is InChI=1S/C20H23ClN4O2/c1-24(17-7-3-2-4-8-17)14-19(26)25-11-5-6-15(13-25)20(27)23-18-10-9-16(21)12-22-18/h2-4,7-10,12,15H,5-6,11,13-14H2,1H3,(H,22,23,27). The Morgan fingerprint density at radius 1 is 1.26 bits per heavy atom. The molecule has 1 aromatic carbocycles. The minimum Gasteiger partial charge on any atom is -0.365 e. The van der Waals surface area contributed by atoms with Crippen molar-refractivity contribution in [3.8, 4) is 0 Å². The van der Waals surface area contributed by atoms with Crippen LogP contribution in [0.1, 0.15) is 12.8 Å². The Morgan fingerprint density at radius 3 is 2.74 bits per heavy atom. The lowest BCUT2D eigenvalue weighted by Gasteiger charge is -2.33. The van der Waals surface area contributed by atoms with E-state index in [9.17, 15) is 9.59 Å². The minimum absolute atomic E-state index is 0.0310. The number of para-hydroxylation sites is 1. The number of carbonyl (C=O) groups excluding carboxylic acids is 2. The summed E-state index contributed by atoms with van der Waals surface area (Å²) in [4.78, 5) is 33.0. The quantitative estimate of drug-likeness (QED) is 0.857. The topological polar surface area (TPSA) is 65.5 Å². The first-order valence-corrected chi connectivity index (χ1v) is 9.37. The summed E-state index contributed by atoms with van der Waals surface area (Å²) in [5.74, 6) is 0.154. The van der Waals surface area contributed by atoms with E-state index in [1.165, 1.54) is 6.20 Å². The van der Waals surface area contributed by atoms with Crippen molar-refractivity contribution in [1.29, 1.82) is 0 Å². The number of aromatic nitrogens is 1. The highest BCUT2D eigenvalue weighted by molar-refractivity contribution is 6.30. The Balaban J connectivity index is 1.55. The number of hydrogen-bond donors (Lipinski definition) is 1. The number of benzene rings is 1. The second kappa shape index (κ2) is 8.86. The van der Waals surface area contributed by atoms with Crippen LogP contribution in [0.4, 0.5) is 11.5 Å². The molecule has 2 amide bonds. The molecule has 1 aliphatic heterocycles. The van der Waals surface area contributed by atoms with Crippen LogP contribution in [0.5, 0.6) is 0 Å². The van der Waals surface area contributed by atoms with E-state index >= 15 is 0 Å². The molecule has 1 unspecified atom stereocenters. The number of carbonyl (C=O) groups is 2. The molecule has 0 aliphatic carbocycles. The molecule has 3 rings (SSSR count). The van der Waals surface area contributed by atoms with Crippen LogP contribution < -0.4 is 10.2 Å². The summed E-state index contributed by atoms with van der Waals surface area (Å²) in [5, 5.41) is 3.33. The van der Waals surface area contributed by atoms with Gasteiger partial charge in [-0.2, -0.15) is 0 Å². The van der Waals surface area contributed by atoms with Crippen molar-refractivity contribution < 1.29 is 9.59 Å². The van der Waals surface area contributed by atoms with Crippen LogP contribution in [0.2, 0.25) is 5.02 Å². The number of likely N-dealkylation sites (N-methyl/N-ethyl adjacent to an activating group) is 1. The highest BCUT2D eigenvalue weighted by Crippen LogP contribution is 2.20. The summed E-state index contributed by atoms with van der Waals surface area (Å²) in [7, 11) is 1.90. The Kier molecular flexibility index (Phi) is 6.29. The molecule has 6 nitrogen and oxygen atoms in total. The Hall–Kier alpha value is -2.60. The lowest BCUT2D eigenvalue weighted by Crippen LogP contribution is -2.47. The summed E-state index contributed by atoms with van der Waals surface area (Å²) >= 11 is 5.81. The van der Waals surface area contributed by atoms with Crippen LogP contribution in [0.3, 0.4) is 0 Å². The van der Waals surface area contributed by atoms with Gasteiger partial charge in [0.25, 0.3) is 0 Å². The highest BCUT2D eigenvalue weighted by atomic mass is 35.5. The third-order valence-corrected chi connectivity index (χ3v) is 4.92. The largest absolute Gasteiger partial charge is 0.365 e. The van der Waals surface area contributed by atoms with E-state index in [-0.39, 0.29) is 24.3 Å². The minimum atomic E-state index is -0.234. The van der Waals surface area contributed by atoms with E-state index in [1.54, 1.807) is 17.0 Å². The summed E-state index contributed by atoms with van der Waals surface area (Å²) in [6.07, 6.45) is 3.07. The summed E-state index contributed by atoms with van der Waals surface area (Å²) < 4.78 is 0. The molecule has 2 aromatic rings. The third-order valence-electron chi connectivity index (χ3n) is 4.69. The van der Waals surface area contributed by atoms with Gasteiger partial charge < -0.3 is 15.1 Å². The first-order valence-electron chi connectivity index (χ1n) is 8.99. The van der Waals surface area contributed by atoms with Gasteiger partial charge >= 0.3 is 0 Å². The molecule has 1 aliphatic rings. The van der Waals surface area contributed by atoms with E-state index in [2.05, 4.69) is 10.3 Å². The predicted octanol–water partition coefficient (Wildman–Crippen LogP) is 3.05. The summed E-state index contributed by atoms with van der Waals surface area (Å²) in [5.41, 5.74) is 0.992. The Morgan fingerprint density at radius 2 is 2.04 bits per heavy atom. The van der Waals surface area contributed by atoms with Crippen molar-refractivity contribution in [2.45, 2.75) is 12.8 Å². The van der Waals surface area contributed by atoms with Crippen molar-refractivity contribution in [2.24, 2.45) is 5.92 Å². The number of amides is 2. The number of rotatable bonds is 5. The number of likely N-dealkylation sites (tertiary alicyclic amines) is 1. The molecule has 0 spiro atoms. The lowest BCUT2D eigenvalue weighted by atomic mass is 9.97. The van der Waals surface area contributed by atoms with Gasteiger partial charge in [0.1, 0.15) is 5.82 Å². The van der Waals surface area contributed by atoms with Gasteiger partial charge in [-0.3, -0.25) is 9.59 Å². The van der Waals surface area contributed by atoms with Crippen LogP contribution in [0.15, 0.2) is 48.7 Å². The van der Waals surface area contributed by atoms with Crippen molar-refractivity contribution in [1.82, 2.24) is 9.88 Å². The van der Waals surface area contributed by atoms with E-state index in [0.717, 1.165) is 18.5 Å². The fourth-order valence-electron chi connectivity index (χ4n) is 3.17. The van der Waals surface area contributed by atoms with Crippen LogP contribution in [-0.4, -0.2) is 48.4 Å². The van der Waals surface area contributed by atoms with Crippen molar-refractivity contribution in [2.75, 3.05) is 36.9 Å². The molecule has 1 N–H and O–H groups in total. The van der Waals surface area contributed by atoms with E-state index in [0.29, 0.717) is 23.9 Å². The fraction of sp³-hybridized carbons (Fsp3) is 0.350. The normalized spacial score (nSPS) is 16.7. The van der Waals surface area contributed by atoms with Crippen molar-refractivity contribution in [3.05, 3.63) is 53.7 Å². The molecule has 1 saturated heterocycles. The molecule has 7 heteroatoms. The van der Waals surface area contributed by atoms with E-state index < -0.39 is 0 Å². The van der Waals surface area contributed by atoms with Gasteiger partial charge in [-0.05, 0) is 37.1 Å². The Bertz CT molecular complexity index is 782. The average molecular weight is 387 g/mol. The fourth-order valence-corrected chi connectivity index (χ4v) is 3.28. The smallest absolute Gasteiger partial charge is 0.242 e. The number of halogens is 1. The maximum absolute atomic E-state index is 12.7. The molecule has 2 heterocycles. The zero-order valence-corrected chi connectivity index (χ0v) is 16.0. The number of anilines is 2. The van der Waals surface area contributed by atoms with Crippen molar-refractivity contribution >= 4 is 34.9 Å². The number of pyridine rings is 1. The first-order chi connectivity index (χ1) is 13.0. The molecule has 0 saturated carbocycles. The molecular formula is C20H23ClN4O2. The summed E-state index contributed by atoms with van der Waals surface area (Å²) in [6, 6.07) is 13.1. The second-order valence-corrected chi connectivity index (χ2v) is 7.16. The van der Waals surface area contributed by atoms with Gasteiger partial charge in [-0.25, -0.2) is 4.98 Å². The van der Waals surface area contributed by atoms with Crippen LogP contribution >= 0.6 is 11.6 Å². The first kappa shape index (κ1) is 19.2. The number of hydrogen-bond acceptors (Lipinski definition) is 4. The van der Waals surface area contributed by atoms with Crippen LogP contribution in [0, 0.1) is 5.92 Å². The maximum atomic E-state index is 12.7. The number of nitrogens with one attached hydrogen (secondary N) is 1. The highest BCUT2D eigenvalue weighted by Gasteiger charge is 2.29. The van der Waals surface area contributed by atoms with Gasteiger partial charge in [0, 0.05) is 32.0 Å². The van der Waals surface area contributed by atoms with Gasteiger partial charge in [0.2, 0.25) is 11.8 Å². The third kappa shape index (κ3) is 5.20. The van der Waals surface area contributed by atoms with Gasteiger partial charge in [0.05, 0.1) is 17.5 Å². The molecule has 0 bridgehead atoms. The molecule has 142 valence electrons. The maximum Gasteiger partial charge on any atom is 0.242 e. The molecule has 1 fully saturated rings. The number of piperidine rings is 1. The average Bonchev–Trinajstić information content (AvgIpc) is 2.70.